The summed E-state index contributed by atoms with van der Waals surface area (Å²) in [4.78, 5) is 2.27. The molecule has 2 heterocycles. The first-order chi connectivity index (χ1) is 11.6. The van der Waals surface area contributed by atoms with Crippen molar-refractivity contribution in [3.63, 3.8) is 0 Å². The van der Waals surface area contributed by atoms with Crippen molar-refractivity contribution in [1.29, 1.82) is 0 Å². The van der Waals surface area contributed by atoms with Crippen LogP contribution < -0.4 is 0 Å². The lowest BCUT2D eigenvalue weighted by Crippen LogP contribution is -2.31. The zero-order valence-electron chi connectivity index (χ0n) is 13.0. The van der Waals surface area contributed by atoms with Gasteiger partial charge in [-0.3, -0.25) is 0 Å². The molecule has 0 unspecified atom stereocenters. The van der Waals surface area contributed by atoms with Gasteiger partial charge in [0, 0.05) is 34.6 Å². The Morgan fingerprint density at radius 2 is 2.08 bits per heavy atom. The molecule has 0 amide bonds. The number of tetrazole rings is 1. The number of hydrogen-bond acceptors (Lipinski definition) is 4. The van der Waals surface area contributed by atoms with E-state index < -0.39 is 0 Å². The van der Waals surface area contributed by atoms with E-state index >= 15 is 0 Å². The highest BCUT2D eigenvalue weighted by Gasteiger charge is 2.27. The van der Waals surface area contributed by atoms with Crippen LogP contribution in [0.15, 0.2) is 36.4 Å². The predicted octanol–water partition coefficient (Wildman–Crippen LogP) is 3.75. The fourth-order valence-corrected chi connectivity index (χ4v) is 3.88. The lowest BCUT2D eigenvalue weighted by atomic mass is 9.84. The van der Waals surface area contributed by atoms with Gasteiger partial charge in [-0.15, -0.1) is 10.2 Å². The van der Waals surface area contributed by atoms with Gasteiger partial charge < -0.3 is 4.90 Å². The third-order valence-electron chi connectivity index (χ3n) is 4.38. The molecular weight excluding hydrogens is 345 g/mol. The van der Waals surface area contributed by atoms with E-state index in [1.54, 1.807) is 0 Å². The molecule has 24 heavy (non-hydrogen) atoms. The molecule has 0 saturated heterocycles. The quantitative estimate of drug-likeness (QED) is 0.756. The minimum absolute atomic E-state index is 0.196. The lowest BCUT2D eigenvalue weighted by Gasteiger charge is -2.33. The van der Waals surface area contributed by atoms with Gasteiger partial charge in [-0.2, -0.15) is 5.21 Å². The van der Waals surface area contributed by atoms with Gasteiger partial charge in [0.1, 0.15) is 0 Å². The number of likely N-dealkylation sites (N-methyl/N-ethyl adjacent to an activating group) is 1. The van der Waals surface area contributed by atoms with E-state index in [0.717, 1.165) is 29.2 Å². The Kier molecular flexibility index (Phi) is 4.00. The summed E-state index contributed by atoms with van der Waals surface area (Å²) in [5.74, 6) is 0.784. The molecule has 4 rings (SSSR count). The minimum Gasteiger partial charge on any atom is -0.301 e. The molecule has 1 aliphatic heterocycles. The third kappa shape index (κ3) is 2.79. The molecule has 122 valence electrons. The maximum Gasteiger partial charge on any atom is 0.204 e. The Bertz CT molecular complexity index is 879. The number of aromatic amines is 1. The van der Waals surface area contributed by atoms with Crippen molar-refractivity contribution in [2.75, 3.05) is 13.6 Å². The van der Waals surface area contributed by atoms with Gasteiger partial charge in [-0.05, 0) is 47.2 Å². The Morgan fingerprint density at radius 3 is 2.88 bits per heavy atom. The molecule has 1 atom stereocenters. The molecule has 1 N–H and O–H groups in total. The fraction of sp³-hybridized carbons (Fsp3) is 0.235. The standard InChI is InChI=1S/C17H15Cl2N5/c1-24-8-14(13-6-12(18)7-16(19)15(13)9-24)10-3-2-4-11(5-10)17-20-22-23-21-17/h2-7,14H,8-9H2,1H3,(H,20,21,22,23)/t14-/m0/s1. The van der Waals surface area contributed by atoms with Crippen LogP contribution in [0.4, 0.5) is 0 Å². The van der Waals surface area contributed by atoms with E-state index in [1.807, 2.05) is 24.3 Å². The van der Waals surface area contributed by atoms with E-state index in [4.69, 9.17) is 23.2 Å². The average Bonchev–Trinajstić information content (AvgIpc) is 3.10. The molecule has 7 heteroatoms. The van der Waals surface area contributed by atoms with E-state index in [0.29, 0.717) is 10.8 Å². The summed E-state index contributed by atoms with van der Waals surface area (Å²) in [5.41, 5.74) is 4.45. The van der Waals surface area contributed by atoms with Crippen molar-refractivity contribution in [3.05, 3.63) is 63.1 Å². The van der Waals surface area contributed by atoms with Crippen molar-refractivity contribution in [3.8, 4) is 11.4 Å². The predicted molar refractivity (Wildman–Crippen MR) is 94.3 cm³/mol. The third-order valence-corrected chi connectivity index (χ3v) is 4.94. The number of benzene rings is 2. The van der Waals surface area contributed by atoms with Crippen LogP contribution in [0.25, 0.3) is 11.4 Å². The van der Waals surface area contributed by atoms with Crippen molar-refractivity contribution in [2.24, 2.45) is 0 Å². The molecule has 1 aromatic heterocycles. The number of halogens is 2. The Hall–Kier alpha value is -1.95. The number of nitrogens with one attached hydrogen (secondary N) is 1. The second-order valence-electron chi connectivity index (χ2n) is 6.07. The lowest BCUT2D eigenvalue weighted by molar-refractivity contribution is 0.295. The SMILES string of the molecule is CN1Cc2c(Cl)cc(Cl)cc2[C@H](c2cccc(-c3nn[nH]n3)c2)C1. The zero-order valence-corrected chi connectivity index (χ0v) is 14.5. The first-order valence-corrected chi connectivity index (χ1v) is 8.37. The van der Waals surface area contributed by atoms with E-state index in [-0.39, 0.29) is 5.92 Å². The Morgan fingerprint density at radius 1 is 1.21 bits per heavy atom. The number of nitrogens with zero attached hydrogens (tertiary/aromatic N) is 4. The summed E-state index contributed by atoms with van der Waals surface area (Å²) < 4.78 is 0. The summed E-state index contributed by atoms with van der Waals surface area (Å²) in [5, 5.41) is 15.6. The van der Waals surface area contributed by atoms with E-state index in [1.165, 1.54) is 11.1 Å². The monoisotopic (exact) mass is 359 g/mol. The second-order valence-corrected chi connectivity index (χ2v) is 6.91. The van der Waals surface area contributed by atoms with Gasteiger partial charge in [-0.25, -0.2) is 0 Å². The molecule has 0 radical (unpaired) electrons. The van der Waals surface area contributed by atoms with Crippen molar-refractivity contribution < 1.29 is 0 Å². The topological polar surface area (TPSA) is 57.7 Å². The highest BCUT2D eigenvalue weighted by molar-refractivity contribution is 6.35. The summed E-state index contributed by atoms with van der Waals surface area (Å²) >= 11 is 12.7. The van der Waals surface area contributed by atoms with Crippen LogP contribution >= 0.6 is 23.2 Å². The van der Waals surface area contributed by atoms with Gasteiger partial charge in [0.05, 0.1) is 0 Å². The maximum absolute atomic E-state index is 6.43. The number of hydrogen-bond donors (Lipinski definition) is 1. The Labute approximate surface area is 149 Å². The molecule has 1 aliphatic rings. The van der Waals surface area contributed by atoms with Gasteiger partial charge >= 0.3 is 0 Å². The van der Waals surface area contributed by atoms with Crippen molar-refractivity contribution in [1.82, 2.24) is 25.5 Å². The largest absolute Gasteiger partial charge is 0.301 e. The number of fused-ring (bicyclic) bond motifs is 1. The molecule has 5 nitrogen and oxygen atoms in total. The molecule has 0 bridgehead atoms. The summed E-state index contributed by atoms with van der Waals surface area (Å²) in [7, 11) is 2.10. The molecule has 3 aromatic rings. The van der Waals surface area contributed by atoms with Crippen LogP contribution in [0.1, 0.15) is 22.6 Å². The molecule has 2 aromatic carbocycles. The molecule has 0 spiro atoms. The van der Waals surface area contributed by atoms with Crippen molar-refractivity contribution >= 4 is 23.2 Å². The smallest absolute Gasteiger partial charge is 0.204 e. The molecular formula is C17H15Cl2N5. The van der Waals surface area contributed by atoms with Crippen LogP contribution in [0, 0.1) is 0 Å². The van der Waals surface area contributed by atoms with Gasteiger partial charge in [0.2, 0.25) is 5.82 Å². The minimum atomic E-state index is 0.196. The van der Waals surface area contributed by atoms with Crippen molar-refractivity contribution in [2.45, 2.75) is 12.5 Å². The fourth-order valence-electron chi connectivity index (χ4n) is 3.31. The maximum atomic E-state index is 6.43. The van der Waals surface area contributed by atoms with Crippen LogP contribution in [-0.2, 0) is 6.54 Å². The highest BCUT2D eigenvalue weighted by Crippen LogP contribution is 2.38. The average molecular weight is 360 g/mol. The van der Waals surface area contributed by atoms with Gasteiger partial charge in [-0.1, -0.05) is 41.4 Å². The molecule has 0 aliphatic carbocycles. The Balaban J connectivity index is 1.82. The van der Waals surface area contributed by atoms with E-state index in [9.17, 15) is 0 Å². The number of H-pyrrole nitrogens is 1. The summed E-state index contributed by atoms with van der Waals surface area (Å²) in [6, 6.07) is 12.1. The van der Waals surface area contributed by atoms with Gasteiger partial charge in [0.15, 0.2) is 0 Å². The molecule has 0 saturated carbocycles. The van der Waals surface area contributed by atoms with Gasteiger partial charge in [0.25, 0.3) is 0 Å². The zero-order chi connectivity index (χ0) is 16.7. The van der Waals surface area contributed by atoms with Crippen LogP contribution in [0.5, 0.6) is 0 Å². The molecule has 0 fully saturated rings. The summed E-state index contributed by atoms with van der Waals surface area (Å²) in [6.45, 7) is 1.73. The van der Waals surface area contributed by atoms with Crippen LogP contribution in [-0.4, -0.2) is 39.1 Å². The number of rotatable bonds is 2. The first-order valence-electron chi connectivity index (χ1n) is 7.62. The highest BCUT2D eigenvalue weighted by atomic mass is 35.5. The van der Waals surface area contributed by atoms with Crippen LogP contribution in [0.3, 0.4) is 0 Å². The normalized spacial score (nSPS) is 17.7. The van der Waals surface area contributed by atoms with Crippen LogP contribution in [0.2, 0.25) is 10.0 Å². The summed E-state index contributed by atoms with van der Waals surface area (Å²) in [6.07, 6.45) is 0. The first kappa shape index (κ1) is 15.6. The second kappa shape index (κ2) is 6.16. The number of aromatic nitrogens is 4. The van der Waals surface area contributed by atoms with E-state index in [2.05, 4.69) is 44.7 Å².